The van der Waals surface area contributed by atoms with Gasteiger partial charge < -0.3 is 9.84 Å². The monoisotopic (exact) mass is 166 g/mol. The van der Waals surface area contributed by atoms with Crippen LogP contribution in [-0.2, 0) is 6.42 Å². The first-order valence-corrected chi connectivity index (χ1v) is 4.56. The van der Waals surface area contributed by atoms with Crippen LogP contribution < -0.4 is 5.32 Å². The second-order valence-electron chi connectivity index (χ2n) is 3.26. The van der Waals surface area contributed by atoms with Crippen LogP contribution >= 0.6 is 0 Å². The van der Waals surface area contributed by atoms with Gasteiger partial charge in [0, 0.05) is 24.9 Å². The van der Waals surface area contributed by atoms with Gasteiger partial charge >= 0.3 is 0 Å². The lowest BCUT2D eigenvalue weighted by Gasteiger charge is -1.99. The molecule has 1 fully saturated rings. The molecule has 66 valence electrons. The molecule has 0 bridgehead atoms. The maximum absolute atomic E-state index is 5.15. The number of nitrogens with zero attached hydrogens (tertiary/aromatic N) is 1. The lowest BCUT2D eigenvalue weighted by molar-refractivity contribution is 0.377. The van der Waals surface area contributed by atoms with Crippen LogP contribution in [0.4, 0.5) is 0 Å². The zero-order valence-electron chi connectivity index (χ0n) is 7.34. The van der Waals surface area contributed by atoms with Crippen molar-refractivity contribution in [3.8, 4) is 0 Å². The molecular formula is C9H14N2O. The van der Waals surface area contributed by atoms with Gasteiger partial charge in [0.1, 0.15) is 5.76 Å². The van der Waals surface area contributed by atoms with Gasteiger partial charge in [0.15, 0.2) is 0 Å². The van der Waals surface area contributed by atoms with E-state index in [0.717, 1.165) is 31.0 Å². The van der Waals surface area contributed by atoms with Crippen LogP contribution in [0.15, 0.2) is 10.6 Å². The molecular weight excluding hydrogens is 152 g/mol. The Hall–Kier alpha value is -0.830. The molecule has 1 aromatic rings. The number of aryl methyl sites for hydroxylation is 1. The van der Waals surface area contributed by atoms with Gasteiger partial charge in [0.25, 0.3) is 0 Å². The fraction of sp³-hybridized carbons (Fsp3) is 0.667. The number of hydrogen-bond donors (Lipinski definition) is 1. The second-order valence-corrected chi connectivity index (χ2v) is 3.26. The topological polar surface area (TPSA) is 38.1 Å². The Balaban J connectivity index is 2.11. The summed E-state index contributed by atoms with van der Waals surface area (Å²) in [5, 5.41) is 7.37. The van der Waals surface area contributed by atoms with Crippen molar-refractivity contribution < 1.29 is 4.52 Å². The van der Waals surface area contributed by atoms with Crippen molar-refractivity contribution in [2.75, 3.05) is 13.1 Å². The van der Waals surface area contributed by atoms with E-state index < -0.39 is 0 Å². The van der Waals surface area contributed by atoms with E-state index in [2.05, 4.69) is 23.5 Å². The van der Waals surface area contributed by atoms with Gasteiger partial charge in [0.2, 0.25) is 0 Å². The third-order valence-corrected chi connectivity index (χ3v) is 2.40. The Morgan fingerprint density at radius 2 is 2.67 bits per heavy atom. The summed E-state index contributed by atoms with van der Waals surface area (Å²) in [7, 11) is 0. The van der Waals surface area contributed by atoms with E-state index in [1.165, 1.54) is 6.42 Å². The van der Waals surface area contributed by atoms with Crippen LogP contribution in [0.1, 0.15) is 30.7 Å². The van der Waals surface area contributed by atoms with E-state index >= 15 is 0 Å². The van der Waals surface area contributed by atoms with Gasteiger partial charge in [-0.2, -0.15) is 0 Å². The Labute approximate surface area is 72.1 Å². The Morgan fingerprint density at radius 1 is 1.75 bits per heavy atom. The number of aromatic nitrogens is 1. The Morgan fingerprint density at radius 3 is 3.25 bits per heavy atom. The molecule has 1 aliphatic rings. The quantitative estimate of drug-likeness (QED) is 0.720. The first-order valence-electron chi connectivity index (χ1n) is 4.56. The highest BCUT2D eigenvalue weighted by Gasteiger charge is 2.19. The summed E-state index contributed by atoms with van der Waals surface area (Å²) in [6.45, 7) is 4.24. The zero-order valence-corrected chi connectivity index (χ0v) is 7.34. The smallest absolute Gasteiger partial charge is 0.136 e. The van der Waals surface area contributed by atoms with E-state index in [1.54, 1.807) is 0 Å². The third-order valence-electron chi connectivity index (χ3n) is 2.40. The normalized spacial score (nSPS) is 23.2. The molecule has 0 spiro atoms. The van der Waals surface area contributed by atoms with Crippen molar-refractivity contribution in [2.45, 2.75) is 25.7 Å². The van der Waals surface area contributed by atoms with Crippen molar-refractivity contribution in [2.24, 2.45) is 0 Å². The molecule has 0 amide bonds. The summed E-state index contributed by atoms with van der Waals surface area (Å²) in [5.41, 5.74) is 1.12. The van der Waals surface area contributed by atoms with E-state index in [0.29, 0.717) is 5.92 Å². The fourth-order valence-corrected chi connectivity index (χ4v) is 1.60. The van der Waals surface area contributed by atoms with Crippen LogP contribution in [-0.4, -0.2) is 18.2 Å². The summed E-state index contributed by atoms with van der Waals surface area (Å²) in [6, 6.07) is 2.08. The maximum Gasteiger partial charge on any atom is 0.136 e. The minimum atomic E-state index is 0.578. The van der Waals surface area contributed by atoms with E-state index in [1.807, 2.05) is 0 Å². The van der Waals surface area contributed by atoms with Crippen LogP contribution in [0.2, 0.25) is 0 Å². The molecule has 1 N–H and O–H groups in total. The van der Waals surface area contributed by atoms with Crippen molar-refractivity contribution in [1.82, 2.24) is 10.5 Å². The van der Waals surface area contributed by atoms with Gasteiger partial charge in [-0.1, -0.05) is 12.1 Å². The maximum atomic E-state index is 5.15. The molecule has 3 heteroatoms. The highest BCUT2D eigenvalue weighted by atomic mass is 16.5. The van der Waals surface area contributed by atoms with E-state index in [9.17, 15) is 0 Å². The molecule has 3 nitrogen and oxygen atoms in total. The van der Waals surface area contributed by atoms with Crippen LogP contribution in [0.3, 0.4) is 0 Å². The molecule has 12 heavy (non-hydrogen) atoms. The van der Waals surface area contributed by atoms with Gasteiger partial charge in [-0.05, 0) is 13.0 Å². The lowest BCUT2D eigenvalue weighted by Crippen LogP contribution is -2.07. The SMILES string of the molecule is CCc1cc(C2CCNC2)no1. The lowest BCUT2D eigenvalue weighted by atomic mass is 10.1. The summed E-state index contributed by atoms with van der Waals surface area (Å²) in [6.07, 6.45) is 2.13. The average molecular weight is 166 g/mol. The van der Waals surface area contributed by atoms with Gasteiger partial charge in [-0.3, -0.25) is 0 Å². The highest BCUT2D eigenvalue weighted by molar-refractivity contribution is 5.12. The molecule has 0 aliphatic carbocycles. The first kappa shape index (κ1) is 7.80. The number of rotatable bonds is 2. The summed E-state index contributed by atoms with van der Waals surface area (Å²) in [5.74, 6) is 1.57. The summed E-state index contributed by atoms with van der Waals surface area (Å²) < 4.78 is 5.15. The molecule has 1 unspecified atom stereocenters. The van der Waals surface area contributed by atoms with Crippen molar-refractivity contribution in [3.05, 3.63) is 17.5 Å². The predicted molar refractivity (Wildman–Crippen MR) is 46.1 cm³/mol. The minimum Gasteiger partial charge on any atom is -0.361 e. The van der Waals surface area contributed by atoms with Crippen molar-refractivity contribution >= 4 is 0 Å². The predicted octanol–water partition coefficient (Wildman–Crippen LogP) is 1.31. The molecule has 2 heterocycles. The van der Waals surface area contributed by atoms with E-state index in [4.69, 9.17) is 4.52 Å². The summed E-state index contributed by atoms with van der Waals surface area (Å²) in [4.78, 5) is 0. The molecule has 2 rings (SSSR count). The van der Waals surface area contributed by atoms with Crippen LogP contribution in [0.5, 0.6) is 0 Å². The molecule has 0 aromatic carbocycles. The second kappa shape index (κ2) is 3.27. The largest absolute Gasteiger partial charge is 0.361 e. The van der Waals surface area contributed by atoms with E-state index in [-0.39, 0.29) is 0 Å². The van der Waals surface area contributed by atoms with Crippen LogP contribution in [0.25, 0.3) is 0 Å². The molecule has 0 radical (unpaired) electrons. The molecule has 1 aromatic heterocycles. The van der Waals surface area contributed by atoms with Gasteiger partial charge in [-0.25, -0.2) is 0 Å². The first-order chi connectivity index (χ1) is 5.90. The Kier molecular flexibility index (Phi) is 2.13. The van der Waals surface area contributed by atoms with Crippen LogP contribution in [0, 0.1) is 0 Å². The van der Waals surface area contributed by atoms with Gasteiger partial charge in [-0.15, -0.1) is 0 Å². The fourth-order valence-electron chi connectivity index (χ4n) is 1.60. The molecule has 1 saturated heterocycles. The molecule has 1 aliphatic heterocycles. The number of nitrogens with one attached hydrogen (secondary N) is 1. The zero-order chi connectivity index (χ0) is 8.39. The Bertz CT molecular complexity index is 251. The number of hydrogen-bond acceptors (Lipinski definition) is 3. The summed E-state index contributed by atoms with van der Waals surface area (Å²) >= 11 is 0. The van der Waals surface area contributed by atoms with Crippen molar-refractivity contribution in [1.29, 1.82) is 0 Å². The standard InChI is InChI=1S/C9H14N2O/c1-2-8-5-9(11-12-8)7-3-4-10-6-7/h5,7,10H,2-4,6H2,1H3. The third kappa shape index (κ3) is 1.37. The molecule has 0 saturated carbocycles. The van der Waals surface area contributed by atoms with Crippen molar-refractivity contribution in [3.63, 3.8) is 0 Å². The highest BCUT2D eigenvalue weighted by Crippen LogP contribution is 2.21. The van der Waals surface area contributed by atoms with Gasteiger partial charge in [0.05, 0.1) is 5.69 Å². The minimum absolute atomic E-state index is 0.578. The average Bonchev–Trinajstić information content (AvgIpc) is 2.75. The molecule has 1 atom stereocenters.